The molecule has 20 heavy (non-hydrogen) atoms. The van der Waals surface area contributed by atoms with E-state index in [2.05, 4.69) is 23.5 Å². The largest absolute Gasteiger partial charge is 0.459 e. The van der Waals surface area contributed by atoms with Gasteiger partial charge in [0.05, 0.1) is 6.42 Å². The van der Waals surface area contributed by atoms with Crippen LogP contribution in [0.4, 0.5) is 13.2 Å². The van der Waals surface area contributed by atoms with Crippen LogP contribution in [0.25, 0.3) is 0 Å². The lowest BCUT2D eigenvalue weighted by Gasteiger charge is -2.21. The number of ether oxygens (including phenoxy) is 1. The molecule has 0 atom stereocenters. The Morgan fingerprint density at radius 1 is 1.10 bits per heavy atom. The molecule has 0 aliphatic rings. The van der Waals surface area contributed by atoms with Crippen molar-refractivity contribution in [2.24, 2.45) is 0 Å². The van der Waals surface area contributed by atoms with Crippen molar-refractivity contribution in [1.82, 2.24) is 4.90 Å². The molecule has 0 spiro atoms. The molecule has 0 bridgehead atoms. The molecule has 0 heterocycles. The molecule has 0 fully saturated rings. The highest BCUT2D eigenvalue weighted by Crippen LogP contribution is 2.14. The molecule has 0 unspecified atom stereocenters. The van der Waals surface area contributed by atoms with E-state index in [0.29, 0.717) is 6.54 Å². The van der Waals surface area contributed by atoms with Crippen molar-refractivity contribution in [3.8, 4) is 0 Å². The number of carbonyl (C=O) groups excluding carboxylic acids is 1. The van der Waals surface area contributed by atoms with Crippen molar-refractivity contribution < 1.29 is 22.7 Å². The second-order valence-corrected chi connectivity index (χ2v) is 4.95. The normalized spacial score (nSPS) is 11.9. The summed E-state index contributed by atoms with van der Waals surface area (Å²) < 4.78 is 41.4. The highest BCUT2D eigenvalue weighted by Gasteiger charge is 2.30. The van der Waals surface area contributed by atoms with Crippen molar-refractivity contribution in [1.29, 1.82) is 0 Å². The van der Waals surface area contributed by atoms with Crippen molar-refractivity contribution >= 4 is 5.97 Å². The van der Waals surface area contributed by atoms with Gasteiger partial charge in [0.25, 0.3) is 0 Å². The van der Waals surface area contributed by atoms with Gasteiger partial charge in [0, 0.05) is 6.54 Å². The highest BCUT2D eigenvalue weighted by atomic mass is 19.3. The number of esters is 1. The van der Waals surface area contributed by atoms with E-state index in [1.165, 1.54) is 0 Å². The number of hydrogen-bond donors (Lipinski definition) is 0. The van der Waals surface area contributed by atoms with E-state index in [4.69, 9.17) is 0 Å². The highest BCUT2D eigenvalue weighted by molar-refractivity contribution is 5.69. The van der Waals surface area contributed by atoms with Crippen molar-refractivity contribution in [3.05, 3.63) is 0 Å². The average Bonchev–Trinajstić information content (AvgIpc) is 2.44. The van der Waals surface area contributed by atoms with Gasteiger partial charge in [0.1, 0.15) is 0 Å². The molecule has 0 aromatic rings. The Hall–Kier alpha value is -0.780. The van der Waals surface area contributed by atoms with Gasteiger partial charge in [0.15, 0.2) is 13.3 Å². The van der Waals surface area contributed by atoms with Crippen LogP contribution >= 0.6 is 0 Å². The van der Waals surface area contributed by atoms with Gasteiger partial charge in [0.2, 0.25) is 0 Å². The number of rotatable bonds is 12. The molecule has 0 aromatic carbocycles. The third-order valence-electron chi connectivity index (χ3n) is 2.93. The maximum atomic E-state index is 12.6. The number of alkyl halides is 3. The number of halogens is 3. The monoisotopic (exact) mass is 297 g/mol. The fraction of sp³-hybridized carbons (Fsp3) is 0.929. The van der Waals surface area contributed by atoms with Crippen molar-refractivity contribution in [2.75, 3.05) is 32.9 Å². The summed E-state index contributed by atoms with van der Waals surface area (Å²) in [5, 5.41) is 0. The summed E-state index contributed by atoms with van der Waals surface area (Å²) in [6, 6.07) is 0. The predicted molar refractivity (Wildman–Crippen MR) is 72.8 cm³/mol. The number of nitrogens with zero attached hydrogens (tertiary/aromatic N) is 1. The van der Waals surface area contributed by atoms with Crippen LogP contribution in [0, 0.1) is 0 Å². The first-order valence-corrected chi connectivity index (χ1v) is 7.27. The van der Waals surface area contributed by atoms with Crippen molar-refractivity contribution in [2.45, 2.75) is 51.9 Å². The number of unbranched alkanes of at least 4 members (excludes halogenated alkanes) is 2. The minimum Gasteiger partial charge on any atom is -0.459 e. The molecule has 0 aliphatic carbocycles. The molecule has 0 aromatic heterocycles. The van der Waals surface area contributed by atoms with E-state index in [-0.39, 0.29) is 6.42 Å². The summed E-state index contributed by atoms with van der Waals surface area (Å²) in [5.41, 5.74) is 0. The Labute approximate surface area is 119 Å². The first kappa shape index (κ1) is 19.2. The van der Waals surface area contributed by atoms with Crippen LogP contribution in [0.2, 0.25) is 0 Å². The third kappa shape index (κ3) is 10.1. The van der Waals surface area contributed by atoms with Crippen LogP contribution in [0.5, 0.6) is 0 Å². The van der Waals surface area contributed by atoms with Gasteiger partial charge < -0.3 is 9.64 Å². The molecule has 0 saturated heterocycles. The maximum Gasteiger partial charge on any atom is 0.309 e. The van der Waals surface area contributed by atoms with Gasteiger partial charge in [-0.1, -0.05) is 26.7 Å². The molecule has 0 saturated carbocycles. The Kier molecular flexibility index (Phi) is 10.5. The lowest BCUT2D eigenvalue weighted by Crippen LogP contribution is -2.31. The van der Waals surface area contributed by atoms with Crippen LogP contribution in [0.3, 0.4) is 0 Å². The van der Waals surface area contributed by atoms with Crippen LogP contribution in [-0.2, 0) is 9.53 Å². The zero-order valence-corrected chi connectivity index (χ0v) is 12.5. The second kappa shape index (κ2) is 10.9. The zero-order chi connectivity index (χ0) is 15.4. The zero-order valence-electron chi connectivity index (χ0n) is 12.5. The SMILES string of the molecule is CCCCN(CCCC)CCC(=O)OCC(F)(F)CF. The van der Waals surface area contributed by atoms with Crippen LogP contribution in [0.15, 0.2) is 0 Å². The Balaban J connectivity index is 3.96. The molecule has 0 aliphatic heterocycles. The Morgan fingerprint density at radius 2 is 1.65 bits per heavy atom. The third-order valence-corrected chi connectivity index (χ3v) is 2.93. The van der Waals surface area contributed by atoms with E-state index >= 15 is 0 Å². The van der Waals surface area contributed by atoms with Crippen molar-refractivity contribution in [3.63, 3.8) is 0 Å². The predicted octanol–water partition coefficient (Wildman–Crippen LogP) is 3.43. The summed E-state index contributed by atoms with van der Waals surface area (Å²) >= 11 is 0. The molecular formula is C14H26F3NO2. The molecule has 0 amide bonds. The number of hydrogen-bond acceptors (Lipinski definition) is 3. The molecule has 0 rings (SSSR count). The van der Waals surface area contributed by atoms with E-state index < -0.39 is 25.2 Å². The van der Waals surface area contributed by atoms with E-state index in [9.17, 15) is 18.0 Å². The minimum atomic E-state index is -3.57. The quantitative estimate of drug-likeness (QED) is 0.517. The first-order chi connectivity index (χ1) is 9.45. The van der Waals surface area contributed by atoms with E-state index in [1.807, 2.05) is 0 Å². The maximum absolute atomic E-state index is 12.6. The lowest BCUT2D eigenvalue weighted by atomic mass is 10.2. The topological polar surface area (TPSA) is 29.5 Å². The summed E-state index contributed by atoms with van der Waals surface area (Å²) in [6.07, 6.45) is 4.28. The lowest BCUT2D eigenvalue weighted by molar-refractivity contribution is -0.157. The van der Waals surface area contributed by atoms with Gasteiger partial charge in [-0.15, -0.1) is 0 Å². The Bertz CT molecular complexity index is 255. The van der Waals surface area contributed by atoms with Gasteiger partial charge in [-0.3, -0.25) is 4.79 Å². The summed E-state index contributed by atoms with van der Waals surface area (Å²) in [4.78, 5) is 13.5. The Morgan fingerprint density at radius 3 is 2.10 bits per heavy atom. The van der Waals surface area contributed by atoms with Crippen LogP contribution in [0.1, 0.15) is 46.0 Å². The first-order valence-electron chi connectivity index (χ1n) is 7.27. The van der Waals surface area contributed by atoms with Crippen LogP contribution < -0.4 is 0 Å². The molecule has 0 radical (unpaired) electrons. The summed E-state index contributed by atoms with van der Waals surface area (Å²) in [5.74, 6) is -4.27. The summed E-state index contributed by atoms with van der Waals surface area (Å²) in [6.45, 7) is 3.48. The summed E-state index contributed by atoms with van der Waals surface area (Å²) in [7, 11) is 0. The van der Waals surface area contributed by atoms with Crippen LogP contribution in [-0.4, -0.2) is 49.7 Å². The standard InChI is InChI=1S/C14H26F3NO2/c1-3-5-8-18(9-6-4-2)10-7-13(19)20-12-14(16,17)11-15/h3-12H2,1-2H3. The molecular weight excluding hydrogens is 271 g/mol. The minimum absolute atomic E-state index is 0.0653. The van der Waals surface area contributed by atoms with Gasteiger partial charge >= 0.3 is 11.9 Å². The average molecular weight is 297 g/mol. The second-order valence-electron chi connectivity index (χ2n) is 4.95. The van der Waals surface area contributed by atoms with Gasteiger partial charge in [-0.2, -0.15) is 8.78 Å². The number of carbonyl (C=O) groups is 1. The molecule has 0 N–H and O–H groups in total. The fourth-order valence-electron chi connectivity index (χ4n) is 1.65. The van der Waals surface area contributed by atoms with E-state index in [1.54, 1.807) is 0 Å². The smallest absolute Gasteiger partial charge is 0.309 e. The molecule has 6 heteroatoms. The molecule has 3 nitrogen and oxygen atoms in total. The fourth-order valence-corrected chi connectivity index (χ4v) is 1.65. The van der Waals surface area contributed by atoms with Gasteiger partial charge in [-0.25, -0.2) is 4.39 Å². The van der Waals surface area contributed by atoms with E-state index in [0.717, 1.165) is 38.8 Å². The van der Waals surface area contributed by atoms with Gasteiger partial charge in [-0.05, 0) is 25.9 Å². The molecule has 120 valence electrons.